The van der Waals surface area contributed by atoms with Gasteiger partial charge in [-0.2, -0.15) is 0 Å². The molecule has 3 heteroatoms. The van der Waals surface area contributed by atoms with Crippen LogP contribution in [0.25, 0.3) is 10.9 Å². The fraction of sp³-hybridized carbons (Fsp3) is 0.200. The molecule has 0 aliphatic rings. The van der Waals surface area contributed by atoms with Gasteiger partial charge in [-0.25, -0.2) is 0 Å². The summed E-state index contributed by atoms with van der Waals surface area (Å²) in [6.45, 7) is 2.71. The smallest absolute Gasteiger partial charge is 0.251 e. The summed E-state index contributed by atoms with van der Waals surface area (Å²) in [5.41, 5.74) is 4.01. The Morgan fingerprint density at radius 3 is 2.61 bits per heavy atom. The molecule has 0 bridgehead atoms. The second-order valence-corrected chi connectivity index (χ2v) is 5.66. The van der Waals surface area contributed by atoms with Crippen LogP contribution in [0, 0.1) is 0 Å². The summed E-state index contributed by atoms with van der Waals surface area (Å²) in [7, 11) is 0. The summed E-state index contributed by atoms with van der Waals surface area (Å²) in [4.78, 5) is 16.6. The van der Waals surface area contributed by atoms with E-state index in [4.69, 9.17) is 0 Å². The molecular weight excluding hydrogens is 284 g/mol. The normalized spacial score (nSPS) is 10.7. The Labute approximate surface area is 136 Å². The van der Waals surface area contributed by atoms with E-state index in [-0.39, 0.29) is 5.91 Å². The van der Waals surface area contributed by atoms with Gasteiger partial charge in [0.25, 0.3) is 5.91 Å². The van der Waals surface area contributed by atoms with Crippen molar-refractivity contribution in [3.05, 3.63) is 77.5 Å². The van der Waals surface area contributed by atoms with Crippen LogP contribution in [0.4, 0.5) is 0 Å². The topological polar surface area (TPSA) is 42.0 Å². The Morgan fingerprint density at radius 1 is 1.04 bits per heavy atom. The number of pyridine rings is 1. The lowest BCUT2D eigenvalue weighted by Crippen LogP contribution is -2.22. The van der Waals surface area contributed by atoms with E-state index < -0.39 is 0 Å². The van der Waals surface area contributed by atoms with Gasteiger partial charge in [0, 0.05) is 23.7 Å². The summed E-state index contributed by atoms with van der Waals surface area (Å²) < 4.78 is 0. The summed E-state index contributed by atoms with van der Waals surface area (Å²) in [5.74, 6) is -0.0617. The van der Waals surface area contributed by atoms with Crippen LogP contribution in [0.5, 0.6) is 0 Å². The quantitative estimate of drug-likeness (QED) is 0.770. The Hall–Kier alpha value is -2.68. The highest BCUT2D eigenvalue weighted by molar-refractivity contribution is 5.97. The Balaban J connectivity index is 1.65. The predicted molar refractivity (Wildman–Crippen MR) is 93.4 cm³/mol. The van der Waals surface area contributed by atoms with Gasteiger partial charge in [0.05, 0.1) is 5.52 Å². The highest BCUT2D eigenvalue weighted by Crippen LogP contribution is 2.13. The van der Waals surface area contributed by atoms with Crippen LogP contribution in [-0.4, -0.2) is 10.9 Å². The first-order valence-corrected chi connectivity index (χ1v) is 7.97. The average Bonchev–Trinajstić information content (AvgIpc) is 2.60. The Bertz CT molecular complexity index is 809. The average molecular weight is 304 g/mol. The van der Waals surface area contributed by atoms with Gasteiger partial charge in [-0.15, -0.1) is 0 Å². The van der Waals surface area contributed by atoms with Crippen molar-refractivity contribution in [2.75, 3.05) is 0 Å². The first-order valence-electron chi connectivity index (χ1n) is 7.97. The van der Waals surface area contributed by atoms with Crippen molar-refractivity contribution in [1.82, 2.24) is 10.3 Å². The van der Waals surface area contributed by atoms with E-state index in [9.17, 15) is 4.79 Å². The van der Waals surface area contributed by atoms with Gasteiger partial charge < -0.3 is 5.32 Å². The van der Waals surface area contributed by atoms with Crippen LogP contribution in [0.2, 0.25) is 0 Å². The molecule has 0 radical (unpaired) electrons. The molecule has 116 valence electrons. The van der Waals surface area contributed by atoms with E-state index in [2.05, 4.69) is 41.5 Å². The van der Waals surface area contributed by atoms with Crippen molar-refractivity contribution in [3.8, 4) is 0 Å². The molecule has 3 aromatic rings. The number of hydrogen-bond donors (Lipinski definition) is 1. The second kappa shape index (κ2) is 7.05. The monoisotopic (exact) mass is 304 g/mol. The summed E-state index contributed by atoms with van der Waals surface area (Å²) in [6.07, 6.45) is 3.99. The van der Waals surface area contributed by atoms with E-state index in [0.717, 1.165) is 29.3 Å². The van der Waals surface area contributed by atoms with Crippen molar-refractivity contribution in [2.45, 2.75) is 26.3 Å². The zero-order valence-electron chi connectivity index (χ0n) is 13.3. The highest BCUT2D eigenvalue weighted by atomic mass is 16.1. The van der Waals surface area contributed by atoms with Crippen molar-refractivity contribution in [3.63, 3.8) is 0 Å². The minimum Gasteiger partial charge on any atom is -0.348 e. The molecule has 3 nitrogen and oxygen atoms in total. The van der Waals surface area contributed by atoms with Crippen LogP contribution in [0.15, 0.2) is 60.8 Å². The number of rotatable bonds is 5. The molecule has 3 rings (SSSR count). The lowest BCUT2D eigenvalue weighted by Gasteiger charge is -2.07. The van der Waals surface area contributed by atoms with Gasteiger partial charge in [-0.05, 0) is 41.8 Å². The van der Waals surface area contributed by atoms with Gasteiger partial charge in [0.2, 0.25) is 0 Å². The van der Waals surface area contributed by atoms with Crippen molar-refractivity contribution >= 4 is 16.8 Å². The van der Waals surface area contributed by atoms with Gasteiger partial charge in [-0.1, -0.05) is 43.7 Å². The SMILES string of the molecule is CCCc1ccc(CNC(=O)c2ccc3ncccc3c2)cc1. The molecule has 0 spiro atoms. The van der Waals surface area contributed by atoms with Crippen LogP contribution in [0.3, 0.4) is 0 Å². The molecule has 1 N–H and O–H groups in total. The zero-order valence-corrected chi connectivity index (χ0v) is 13.3. The molecule has 0 saturated carbocycles. The largest absolute Gasteiger partial charge is 0.348 e. The van der Waals surface area contributed by atoms with E-state index in [1.165, 1.54) is 5.56 Å². The fourth-order valence-electron chi connectivity index (χ4n) is 2.61. The second-order valence-electron chi connectivity index (χ2n) is 5.66. The number of hydrogen-bond acceptors (Lipinski definition) is 2. The van der Waals surface area contributed by atoms with Crippen molar-refractivity contribution in [1.29, 1.82) is 0 Å². The molecule has 0 unspecified atom stereocenters. The standard InChI is InChI=1S/C20H20N2O/c1-2-4-15-6-8-16(9-7-15)14-22-20(23)18-10-11-19-17(13-18)5-3-12-21-19/h3,5-13H,2,4,14H2,1H3,(H,22,23). The third-order valence-corrected chi connectivity index (χ3v) is 3.88. The molecule has 0 atom stereocenters. The summed E-state index contributed by atoms with van der Waals surface area (Å²) in [6, 6.07) is 17.8. The number of fused-ring (bicyclic) bond motifs is 1. The maximum absolute atomic E-state index is 12.3. The first-order chi connectivity index (χ1) is 11.3. The van der Waals surface area contributed by atoms with Gasteiger partial charge >= 0.3 is 0 Å². The number of amides is 1. The van der Waals surface area contributed by atoms with Gasteiger partial charge in [0.15, 0.2) is 0 Å². The zero-order chi connectivity index (χ0) is 16.1. The predicted octanol–water partition coefficient (Wildman–Crippen LogP) is 4.12. The number of benzene rings is 2. The minimum atomic E-state index is -0.0617. The number of nitrogens with one attached hydrogen (secondary N) is 1. The lowest BCUT2D eigenvalue weighted by atomic mass is 10.1. The maximum atomic E-state index is 12.3. The number of aromatic nitrogens is 1. The van der Waals surface area contributed by atoms with Crippen molar-refractivity contribution in [2.24, 2.45) is 0 Å². The molecule has 1 amide bonds. The Morgan fingerprint density at radius 2 is 1.83 bits per heavy atom. The molecular formula is C20H20N2O. The first kappa shape index (κ1) is 15.2. The molecule has 0 fully saturated rings. The minimum absolute atomic E-state index is 0.0617. The maximum Gasteiger partial charge on any atom is 0.251 e. The van der Waals surface area contributed by atoms with Crippen LogP contribution >= 0.6 is 0 Å². The van der Waals surface area contributed by atoms with Crippen LogP contribution in [0.1, 0.15) is 34.8 Å². The van der Waals surface area contributed by atoms with E-state index in [0.29, 0.717) is 12.1 Å². The van der Waals surface area contributed by atoms with Crippen LogP contribution in [-0.2, 0) is 13.0 Å². The molecule has 0 aliphatic heterocycles. The molecule has 0 saturated heterocycles. The highest BCUT2D eigenvalue weighted by Gasteiger charge is 2.06. The van der Waals surface area contributed by atoms with Crippen molar-refractivity contribution < 1.29 is 4.79 Å². The molecule has 1 heterocycles. The van der Waals surface area contributed by atoms with Gasteiger partial charge in [-0.3, -0.25) is 9.78 Å². The lowest BCUT2D eigenvalue weighted by molar-refractivity contribution is 0.0951. The molecule has 2 aromatic carbocycles. The third kappa shape index (κ3) is 3.75. The van der Waals surface area contributed by atoms with Crippen LogP contribution < -0.4 is 5.32 Å². The number of aryl methyl sites for hydroxylation is 1. The van der Waals surface area contributed by atoms with E-state index in [1.54, 1.807) is 6.20 Å². The third-order valence-electron chi connectivity index (χ3n) is 3.88. The number of carbonyl (C=O) groups is 1. The summed E-state index contributed by atoms with van der Waals surface area (Å²) >= 11 is 0. The molecule has 23 heavy (non-hydrogen) atoms. The molecule has 1 aromatic heterocycles. The number of nitrogens with zero attached hydrogens (tertiary/aromatic N) is 1. The van der Waals surface area contributed by atoms with Gasteiger partial charge in [0.1, 0.15) is 0 Å². The number of carbonyl (C=O) groups excluding carboxylic acids is 1. The Kier molecular flexibility index (Phi) is 4.67. The molecule has 0 aliphatic carbocycles. The van der Waals surface area contributed by atoms with E-state index >= 15 is 0 Å². The van der Waals surface area contributed by atoms with E-state index in [1.807, 2.05) is 30.3 Å². The fourth-order valence-corrected chi connectivity index (χ4v) is 2.61. The summed E-state index contributed by atoms with van der Waals surface area (Å²) in [5, 5.41) is 3.95.